The van der Waals surface area contributed by atoms with Crippen molar-refractivity contribution in [3.63, 3.8) is 0 Å². The lowest BCUT2D eigenvalue weighted by atomic mass is 10.2. The van der Waals surface area contributed by atoms with E-state index < -0.39 is 0 Å². The van der Waals surface area contributed by atoms with Gasteiger partial charge in [-0.1, -0.05) is 18.2 Å². The minimum Gasteiger partial charge on any atom is -0.333 e. The van der Waals surface area contributed by atoms with Crippen molar-refractivity contribution in [1.82, 2.24) is 14.8 Å². The van der Waals surface area contributed by atoms with E-state index in [9.17, 15) is 4.79 Å². The van der Waals surface area contributed by atoms with Gasteiger partial charge in [0.05, 0.1) is 6.67 Å². The summed E-state index contributed by atoms with van der Waals surface area (Å²) in [5.41, 5.74) is 1.92. The number of hydrogen-bond donors (Lipinski definition) is 1. The third-order valence-corrected chi connectivity index (χ3v) is 3.51. The maximum atomic E-state index is 11.1. The van der Waals surface area contributed by atoms with Crippen LogP contribution in [0.3, 0.4) is 0 Å². The first-order valence-electron chi connectivity index (χ1n) is 6.34. The van der Waals surface area contributed by atoms with E-state index in [2.05, 4.69) is 20.9 Å². The van der Waals surface area contributed by atoms with E-state index in [-0.39, 0.29) is 0 Å². The molecule has 1 fully saturated rings. The standard InChI is InChI=1S/C14H17N3O/c18-10-12-9-17(11-16-7-5-15-6-8-16)14-4-2-1-3-13(12)14/h1-4,9-10,15H,5-8,11H2. The molecule has 1 aliphatic rings. The maximum Gasteiger partial charge on any atom is 0.152 e. The summed E-state index contributed by atoms with van der Waals surface area (Å²) in [4.78, 5) is 13.5. The van der Waals surface area contributed by atoms with Crippen LogP contribution < -0.4 is 5.32 Å². The molecule has 0 amide bonds. The molecule has 4 heteroatoms. The van der Waals surface area contributed by atoms with Gasteiger partial charge in [0.15, 0.2) is 6.29 Å². The highest BCUT2D eigenvalue weighted by Crippen LogP contribution is 2.20. The minimum atomic E-state index is 0.778. The van der Waals surface area contributed by atoms with Gasteiger partial charge in [0.1, 0.15) is 0 Å². The predicted octanol–water partition coefficient (Wildman–Crippen LogP) is 1.32. The highest BCUT2D eigenvalue weighted by atomic mass is 16.1. The van der Waals surface area contributed by atoms with Gasteiger partial charge in [-0.05, 0) is 6.07 Å². The van der Waals surface area contributed by atoms with E-state index >= 15 is 0 Å². The third kappa shape index (κ3) is 2.05. The summed E-state index contributed by atoms with van der Waals surface area (Å²) in [6.45, 7) is 5.06. The Morgan fingerprint density at radius 2 is 2.00 bits per heavy atom. The molecule has 1 aromatic carbocycles. The molecule has 0 spiro atoms. The Morgan fingerprint density at radius 3 is 2.78 bits per heavy atom. The second-order valence-corrected chi connectivity index (χ2v) is 4.70. The smallest absolute Gasteiger partial charge is 0.152 e. The number of carbonyl (C=O) groups excluding carboxylic acids is 1. The molecule has 4 nitrogen and oxygen atoms in total. The van der Waals surface area contributed by atoms with Crippen LogP contribution >= 0.6 is 0 Å². The second-order valence-electron chi connectivity index (χ2n) is 4.70. The summed E-state index contributed by atoms with van der Waals surface area (Å²) in [5, 5.41) is 4.39. The summed E-state index contributed by atoms with van der Waals surface area (Å²) in [5.74, 6) is 0. The van der Waals surface area contributed by atoms with E-state index in [1.54, 1.807) is 0 Å². The van der Waals surface area contributed by atoms with Crippen molar-refractivity contribution in [2.75, 3.05) is 26.2 Å². The molecule has 3 rings (SSSR count). The second kappa shape index (κ2) is 4.92. The Kier molecular flexibility index (Phi) is 3.13. The number of benzene rings is 1. The zero-order valence-electron chi connectivity index (χ0n) is 10.3. The Morgan fingerprint density at radius 1 is 1.22 bits per heavy atom. The van der Waals surface area contributed by atoms with Gasteiger partial charge in [-0.3, -0.25) is 9.69 Å². The van der Waals surface area contributed by atoms with Crippen LogP contribution in [0, 0.1) is 0 Å². The Bertz CT molecular complexity index is 555. The molecule has 2 aromatic rings. The fraction of sp³-hybridized carbons (Fsp3) is 0.357. The summed E-state index contributed by atoms with van der Waals surface area (Å²) < 4.78 is 2.17. The minimum absolute atomic E-state index is 0.778. The number of aromatic nitrogens is 1. The van der Waals surface area contributed by atoms with E-state index in [4.69, 9.17) is 0 Å². The number of carbonyl (C=O) groups is 1. The SMILES string of the molecule is O=Cc1cn(CN2CCNCC2)c2ccccc12. The molecule has 0 unspecified atom stereocenters. The molecule has 0 aliphatic carbocycles. The number of hydrogen-bond acceptors (Lipinski definition) is 3. The predicted molar refractivity (Wildman–Crippen MR) is 71.8 cm³/mol. The molecule has 2 heterocycles. The average Bonchev–Trinajstić information content (AvgIpc) is 2.78. The summed E-state index contributed by atoms with van der Waals surface area (Å²) in [7, 11) is 0. The van der Waals surface area contributed by atoms with Crippen molar-refractivity contribution in [1.29, 1.82) is 0 Å². The van der Waals surface area contributed by atoms with E-state index in [0.717, 1.165) is 55.6 Å². The molecule has 0 bridgehead atoms. The first-order valence-corrected chi connectivity index (χ1v) is 6.34. The number of piperazine rings is 1. The molecule has 0 radical (unpaired) electrons. The van der Waals surface area contributed by atoms with Crippen molar-refractivity contribution < 1.29 is 4.79 Å². The normalized spacial score (nSPS) is 17.1. The molecule has 1 saturated heterocycles. The van der Waals surface area contributed by atoms with Crippen molar-refractivity contribution in [2.45, 2.75) is 6.67 Å². The largest absolute Gasteiger partial charge is 0.333 e. The first-order chi connectivity index (χ1) is 8.88. The Labute approximate surface area is 106 Å². The van der Waals surface area contributed by atoms with Gasteiger partial charge in [-0.25, -0.2) is 0 Å². The zero-order valence-corrected chi connectivity index (χ0v) is 10.3. The van der Waals surface area contributed by atoms with E-state index in [1.165, 1.54) is 0 Å². The van der Waals surface area contributed by atoms with Crippen LogP contribution in [-0.2, 0) is 6.67 Å². The number of para-hydroxylation sites is 1. The lowest BCUT2D eigenvalue weighted by Crippen LogP contribution is -2.43. The highest BCUT2D eigenvalue weighted by Gasteiger charge is 2.12. The highest BCUT2D eigenvalue weighted by molar-refractivity contribution is 5.97. The number of rotatable bonds is 3. The van der Waals surface area contributed by atoms with Crippen molar-refractivity contribution in [3.05, 3.63) is 36.0 Å². The Hall–Kier alpha value is -1.65. The number of aldehydes is 1. The number of nitrogens with one attached hydrogen (secondary N) is 1. The van der Waals surface area contributed by atoms with Crippen molar-refractivity contribution in [2.24, 2.45) is 0 Å². The maximum absolute atomic E-state index is 11.1. The van der Waals surface area contributed by atoms with Crippen LogP contribution in [0.1, 0.15) is 10.4 Å². The Balaban J connectivity index is 1.93. The molecule has 0 atom stereocenters. The van der Waals surface area contributed by atoms with Gasteiger partial charge in [0.25, 0.3) is 0 Å². The third-order valence-electron chi connectivity index (χ3n) is 3.51. The van der Waals surface area contributed by atoms with Crippen LogP contribution in [0.2, 0.25) is 0 Å². The number of nitrogens with zero attached hydrogens (tertiary/aromatic N) is 2. The quantitative estimate of drug-likeness (QED) is 0.826. The summed E-state index contributed by atoms with van der Waals surface area (Å²) in [6, 6.07) is 8.08. The fourth-order valence-corrected chi connectivity index (χ4v) is 2.55. The van der Waals surface area contributed by atoms with Gasteiger partial charge >= 0.3 is 0 Å². The van der Waals surface area contributed by atoms with Crippen LogP contribution in [0.5, 0.6) is 0 Å². The lowest BCUT2D eigenvalue weighted by Gasteiger charge is -2.27. The summed E-state index contributed by atoms with van der Waals surface area (Å²) >= 11 is 0. The van der Waals surface area contributed by atoms with E-state index in [1.807, 2.05) is 24.4 Å². The van der Waals surface area contributed by atoms with Gasteiger partial charge < -0.3 is 9.88 Å². The monoisotopic (exact) mass is 243 g/mol. The topological polar surface area (TPSA) is 37.3 Å². The number of fused-ring (bicyclic) bond motifs is 1. The fourth-order valence-electron chi connectivity index (χ4n) is 2.55. The van der Waals surface area contributed by atoms with Gasteiger partial charge in [0.2, 0.25) is 0 Å². The van der Waals surface area contributed by atoms with Crippen LogP contribution in [0.25, 0.3) is 10.9 Å². The molecule has 94 valence electrons. The lowest BCUT2D eigenvalue weighted by molar-refractivity contribution is 0.112. The van der Waals surface area contributed by atoms with Gasteiger partial charge in [-0.15, -0.1) is 0 Å². The molecule has 1 N–H and O–H groups in total. The van der Waals surface area contributed by atoms with Crippen LogP contribution in [0.15, 0.2) is 30.5 Å². The molecule has 0 saturated carbocycles. The van der Waals surface area contributed by atoms with Crippen LogP contribution in [-0.4, -0.2) is 41.9 Å². The van der Waals surface area contributed by atoms with E-state index in [0.29, 0.717) is 0 Å². The van der Waals surface area contributed by atoms with Gasteiger partial charge in [0, 0.05) is 48.8 Å². The molecule has 18 heavy (non-hydrogen) atoms. The molecule has 1 aliphatic heterocycles. The molecular formula is C14H17N3O. The van der Waals surface area contributed by atoms with Gasteiger partial charge in [-0.2, -0.15) is 0 Å². The molecule has 1 aromatic heterocycles. The van der Waals surface area contributed by atoms with Crippen LogP contribution in [0.4, 0.5) is 0 Å². The average molecular weight is 243 g/mol. The first kappa shape index (κ1) is 11.4. The van der Waals surface area contributed by atoms with Crippen molar-refractivity contribution >= 4 is 17.2 Å². The molecular weight excluding hydrogens is 226 g/mol. The van der Waals surface area contributed by atoms with Crippen molar-refractivity contribution in [3.8, 4) is 0 Å². The zero-order chi connectivity index (χ0) is 12.4. The summed E-state index contributed by atoms with van der Waals surface area (Å²) in [6.07, 6.45) is 2.90.